The molecular formula is C17H34O3Si. The molecule has 0 aliphatic carbocycles. The second-order valence-electron chi connectivity index (χ2n) is 5.84. The molecule has 0 amide bonds. The quantitative estimate of drug-likeness (QED) is 0.206. The molecule has 0 N–H and O–H groups in total. The average molecular weight is 315 g/mol. The molecular weight excluding hydrogens is 280 g/mol. The number of carbonyl (C=O) groups is 1. The molecule has 0 saturated heterocycles. The molecule has 0 radical (unpaired) electrons. The Bertz CT molecular complexity index is 294. The molecule has 0 bridgehead atoms. The highest BCUT2D eigenvalue weighted by Crippen LogP contribution is 2.29. The Balaban J connectivity index is 4.41. The van der Waals surface area contributed by atoms with Gasteiger partial charge in [-0.3, -0.25) is 0 Å². The molecule has 0 rings (SSSR count). The number of hydrogen-bond donors (Lipinski definition) is 0. The summed E-state index contributed by atoms with van der Waals surface area (Å²) in [5.74, 6) is -0.277. The molecule has 0 aliphatic rings. The van der Waals surface area contributed by atoms with Gasteiger partial charge < -0.3 is 9.16 Å². The third-order valence-corrected chi connectivity index (χ3v) is 8.48. The molecule has 0 saturated carbocycles. The lowest BCUT2D eigenvalue weighted by Gasteiger charge is -2.31. The van der Waals surface area contributed by atoms with Crippen molar-refractivity contribution in [1.82, 2.24) is 0 Å². The third-order valence-electron chi connectivity index (χ3n) is 3.78. The molecule has 21 heavy (non-hydrogen) atoms. The van der Waals surface area contributed by atoms with Crippen molar-refractivity contribution >= 4 is 14.3 Å². The fourth-order valence-corrected chi connectivity index (χ4v) is 7.16. The van der Waals surface area contributed by atoms with Gasteiger partial charge in [0.15, 0.2) is 8.32 Å². The molecule has 0 spiro atoms. The van der Waals surface area contributed by atoms with Crippen LogP contribution in [0.15, 0.2) is 12.2 Å². The summed E-state index contributed by atoms with van der Waals surface area (Å²) in [6, 6.07) is 3.59. The van der Waals surface area contributed by atoms with Gasteiger partial charge in [0.2, 0.25) is 0 Å². The minimum absolute atomic E-state index is 0.277. The van der Waals surface area contributed by atoms with Crippen LogP contribution in [0.4, 0.5) is 0 Å². The molecule has 0 heterocycles. The van der Waals surface area contributed by atoms with E-state index in [1.807, 2.05) is 0 Å². The maximum atomic E-state index is 11.4. The molecule has 0 aliphatic heterocycles. The predicted octanol–water partition coefficient (Wildman–Crippen LogP) is 5.08. The molecule has 0 aromatic heterocycles. The number of ether oxygens (including phenoxy) is 1. The van der Waals surface area contributed by atoms with Crippen LogP contribution >= 0.6 is 0 Å². The molecule has 4 heteroatoms. The number of hydrogen-bond acceptors (Lipinski definition) is 3. The van der Waals surface area contributed by atoms with Gasteiger partial charge in [-0.25, -0.2) is 4.79 Å². The smallest absolute Gasteiger partial charge is 0.333 e. The van der Waals surface area contributed by atoms with Crippen molar-refractivity contribution in [3.05, 3.63) is 12.2 Å². The lowest BCUT2D eigenvalue weighted by molar-refractivity contribution is -0.138. The van der Waals surface area contributed by atoms with Gasteiger partial charge >= 0.3 is 5.97 Å². The summed E-state index contributed by atoms with van der Waals surface area (Å²) < 4.78 is 11.5. The van der Waals surface area contributed by atoms with Gasteiger partial charge in [0.05, 0.1) is 6.61 Å². The van der Waals surface area contributed by atoms with Crippen LogP contribution < -0.4 is 0 Å². The van der Waals surface area contributed by atoms with E-state index in [0.29, 0.717) is 12.2 Å². The molecule has 0 unspecified atom stereocenters. The molecule has 3 nitrogen and oxygen atoms in total. The van der Waals surface area contributed by atoms with Gasteiger partial charge in [-0.1, -0.05) is 46.1 Å². The predicted molar refractivity (Wildman–Crippen MR) is 92.0 cm³/mol. The summed E-state index contributed by atoms with van der Waals surface area (Å²) in [6.45, 7) is 13.2. The van der Waals surface area contributed by atoms with Gasteiger partial charge in [-0.15, -0.1) is 0 Å². The van der Waals surface area contributed by atoms with E-state index in [1.165, 1.54) is 37.8 Å². The molecule has 0 atom stereocenters. The van der Waals surface area contributed by atoms with Crippen LogP contribution in [0.25, 0.3) is 0 Å². The third kappa shape index (κ3) is 9.09. The Morgan fingerprint density at radius 2 is 1.52 bits per heavy atom. The van der Waals surface area contributed by atoms with Crippen molar-refractivity contribution in [3.63, 3.8) is 0 Å². The van der Waals surface area contributed by atoms with Crippen LogP contribution in [-0.2, 0) is 14.0 Å². The highest BCUT2D eigenvalue weighted by Gasteiger charge is 2.32. The summed E-state index contributed by atoms with van der Waals surface area (Å²) in [4.78, 5) is 11.4. The zero-order valence-corrected chi connectivity index (χ0v) is 15.5. The van der Waals surface area contributed by atoms with E-state index in [9.17, 15) is 4.79 Å². The molecule has 124 valence electrons. The highest BCUT2D eigenvalue weighted by atomic mass is 28.4. The maximum Gasteiger partial charge on any atom is 0.333 e. The van der Waals surface area contributed by atoms with Crippen molar-refractivity contribution in [2.45, 2.75) is 77.9 Å². The number of rotatable bonds is 13. The monoisotopic (exact) mass is 314 g/mol. The Morgan fingerprint density at radius 1 is 1.00 bits per heavy atom. The van der Waals surface area contributed by atoms with Crippen molar-refractivity contribution in [1.29, 1.82) is 0 Å². The van der Waals surface area contributed by atoms with Gasteiger partial charge in [-0.2, -0.15) is 0 Å². The van der Waals surface area contributed by atoms with Crippen LogP contribution in [0.3, 0.4) is 0 Å². The Labute approximate surface area is 132 Å². The van der Waals surface area contributed by atoms with Crippen LogP contribution in [0, 0.1) is 0 Å². The van der Waals surface area contributed by atoms with Crippen molar-refractivity contribution in [2.24, 2.45) is 0 Å². The Hall–Kier alpha value is -0.613. The molecule has 0 fully saturated rings. The van der Waals surface area contributed by atoms with Gasteiger partial charge in [-0.05, 0) is 38.4 Å². The molecule has 0 aromatic carbocycles. The second kappa shape index (κ2) is 12.0. The fourth-order valence-electron chi connectivity index (χ4n) is 2.58. The largest absolute Gasteiger partial charge is 0.462 e. The van der Waals surface area contributed by atoms with Crippen LogP contribution in [0.1, 0.15) is 59.8 Å². The second-order valence-corrected chi connectivity index (χ2v) is 10.00. The lowest BCUT2D eigenvalue weighted by Crippen LogP contribution is -2.38. The summed E-state index contributed by atoms with van der Waals surface area (Å²) in [5, 5.41) is 0. The minimum Gasteiger partial charge on any atom is -0.462 e. The van der Waals surface area contributed by atoms with Crippen LogP contribution in [0.5, 0.6) is 0 Å². The number of esters is 1. The Kier molecular flexibility index (Phi) is 11.6. The SMILES string of the molecule is C=C(C)C(=O)OCCC[Si](CCCC)(CCCC)OCC. The number of carbonyl (C=O) groups excluding carboxylic acids is 1. The maximum absolute atomic E-state index is 11.4. The molecule has 0 aromatic rings. The van der Waals surface area contributed by atoms with Gasteiger partial charge in [0.1, 0.15) is 0 Å². The Morgan fingerprint density at radius 3 is 1.95 bits per heavy atom. The average Bonchev–Trinajstić information content (AvgIpc) is 2.47. The lowest BCUT2D eigenvalue weighted by atomic mass is 10.4. The first kappa shape index (κ1) is 20.4. The van der Waals surface area contributed by atoms with Gasteiger partial charge in [0.25, 0.3) is 0 Å². The van der Waals surface area contributed by atoms with E-state index in [0.717, 1.165) is 19.1 Å². The van der Waals surface area contributed by atoms with Crippen LogP contribution in [-0.4, -0.2) is 27.5 Å². The van der Waals surface area contributed by atoms with Crippen LogP contribution in [0.2, 0.25) is 18.1 Å². The normalized spacial score (nSPS) is 11.4. The summed E-state index contributed by atoms with van der Waals surface area (Å²) >= 11 is 0. The first-order valence-electron chi connectivity index (χ1n) is 8.48. The van der Waals surface area contributed by atoms with Gasteiger partial charge in [0, 0.05) is 12.2 Å². The highest BCUT2D eigenvalue weighted by molar-refractivity contribution is 6.73. The van der Waals surface area contributed by atoms with Crippen molar-refractivity contribution < 1.29 is 14.0 Å². The topological polar surface area (TPSA) is 35.5 Å². The fraction of sp³-hybridized carbons (Fsp3) is 0.824. The van der Waals surface area contributed by atoms with Crippen molar-refractivity contribution in [2.75, 3.05) is 13.2 Å². The van der Waals surface area contributed by atoms with E-state index >= 15 is 0 Å². The van der Waals surface area contributed by atoms with E-state index in [1.54, 1.807) is 6.92 Å². The summed E-state index contributed by atoms with van der Waals surface area (Å²) in [5.41, 5.74) is 0.472. The van der Waals surface area contributed by atoms with E-state index in [4.69, 9.17) is 9.16 Å². The summed E-state index contributed by atoms with van der Waals surface area (Å²) in [6.07, 6.45) is 5.86. The zero-order chi connectivity index (χ0) is 16.1. The first-order valence-corrected chi connectivity index (χ1v) is 11.0. The zero-order valence-electron chi connectivity index (χ0n) is 14.5. The summed E-state index contributed by atoms with van der Waals surface area (Å²) in [7, 11) is -1.65. The van der Waals surface area contributed by atoms with E-state index in [2.05, 4.69) is 27.4 Å². The standard InChI is InChI=1S/C17H34O3Si/c1-6-9-13-21(20-8-3,14-10-7-2)15-11-12-19-17(18)16(4)5/h4,6-15H2,1-3,5H3. The number of unbranched alkanes of at least 4 members (excludes halogenated alkanes) is 2. The van der Waals surface area contributed by atoms with Crippen molar-refractivity contribution in [3.8, 4) is 0 Å². The minimum atomic E-state index is -1.65. The first-order chi connectivity index (χ1) is 10.0. The van der Waals surface area contributed by atoms with E-state index in [-0.39, 0.29) is 5.97 Å². The van der Waals surface area contributed by atoms with E-state index < -0.39 is 8.32 Å².